The number of morpholine rings is 1. The summed E-state index contributed by atoms with van der Waals surface area (Å²) in [6.45, 7) is 4.51. The zero-order valence-electron chi connectivity index (χ0n) is 15.0. The second-order valence-corrected chi connectivity index (χ2v) is 6.46. The number of rotatable bonds is 6. The van der Waals surface area contributed by atoms with Gasteiger partial charge < -0.3 is 10.1 Å². The van der Waals surface area contributed by atoms with Crippen LogP contribution in [0.4, 0.5) is 5.69 Å². The van der Waals surface area contributed by atoms with Crippen LogP contribution in [0.2, 0.25) is 0 Å². The van der Waals surface area contributed by atoms with Gasteiger partial charge in [0.05, 0.1) is 13.2 Å². The summed E-state index contributed by atoms with van der Waals surface area (Å²) in [5.74, 6) is -0.0275. The molecule has 5 nitrogen and oxygen atoms in total. The quantitative estimate of drug-likeness (QED) is 0.811. The zero-order valence-corrected chi connectivity index (χ0v) is 15.0. The van der Waals surface area contributed by atoms with E-state index in [-0.39, 0.29) is 17.7 Å². The smallest absolute Gasteiger partial charge is 0.221 e. The van der Waals surface area contributed by atoms with Crippen molar-refractivity contribution in [2.75, 3.05) is 31.6 Å². The molecule has 26 heavy (non-hydrogen) atoms. The fourth-order valence-corrected chi connectivity index (χ4v) is 3.26. The molecule has 0 aromatic heterocycles. The molecule has 1 unspecified atom stereocenters. The summed E-state index contributed by atoms with van der Waals surface area (Å²) in [4.78, 5) is 26.3. The van der Waals surface area contributed by atoms with Crippen LogP contribution in [0.25, 0.3) is 0 Å². The van der Waals surface area contributed by atoms with Gasteiger partial charge in [-0.1, -0.05) is 30.3 Å². The number of ether oxygens (including phenoxy) is 1. The number of amides is 1. The van der Waals surface area contributed by atoms with Crippen molar-refractivity contribution >= 4 is 17.4 Å². The van der Waals surface area contributed by atoms with Crippen LogP contribution in [0.3, 0.4) is 0 Å². The standard InChI is InChI=1S/C21H24N2O3/c1-16(24)22-19-9-7-18(8-10-19)21(25)15-20(17-5-3-2-4-6-17)23-11-13-26-14-12-23/h2-10,20H,11-15H2,1H3,(H,22,24). The lowest BCUT2D eigenvalue weighted by Gasteiger charge is -2.34. The molecule has 0 aliphatic carbocycles. The minimum atomic E-state index is -0.125. The number of anilines is 1. The number of nitrogens with zero attached hydrogens (tertiary/aromatic N) is 1. The van der Waals surface area contributed by atoms with Crippen molar-refractivity contribution in [1.29, 1.82) is 0 Å². The van der Waals surface area contributed by atoms with Crippen molar-refractivity contribution in [2.45, 2.75) is 19.4 Å². The van der Waals surface area contributed by atoms with Gasteiger partial charge in [0.25, 0.3) is 0 Å². The number of carbonyl (C=O) groups is 2. The zero-order chi connectivity index (χ0) is 18.4. The average Bonchev–Trinajstić information content (AvgIpc) is 2.67. The predicted octanol–water partition coefficient (Wildman–Crippen LogP) is 3.29. The SMILES string of the molecule is CC(=O)Nc1ccc(C(=O)CC(c2ccccc2)N2CCOCC2)cc1. The van der Waals surface area contributed by atoms with Gasteiger partial charge in [-0.3, -0.25) is 14.5 Å². The Kier molecular flexibility index (Phi) is 6.15. The third-order valence-electron chi connectivity index (χ3n) is 4.58. The predicted molar refractivity (Wildman–Crippen MR) is 101 cm³/mol. The third kappa shape index (κ3) is 4.77. The average molecular weight is 352 g/mol. The summed E-state index contributed by atoms with van der Waals surface area (Å²) >= 11 is 0. The fraction of sp³-hybridized carbons (Fsp3) is 0.333. The summed E-state index contributed by atoms with van der Waals surface area (Å²) in [5, 5.41) is 2.72. The Bertz CT molecular complexity index is 738. The van der Waals surface area contributed by atoms with Gasteiger partial charge in [-0.25, -0.2) is 0 Å². The Hall–Kier alpha value is -2.50. The molecule has 1 heterocycles. The van der Waals surface area contributed by atoms with Crippen LogP contribution in [0.5, 0.6) is 0 Å². The number of ketones is 1. The molecule has 0 spiro atoms. The number of hydrogen-bond acceptors (Lipinski definition) is 4. The van der Waals surface area contributed by atoms with Gasteiger partial charge in [-0.05, 0) is 29.8 Å². The van der Waals surface area contributed by atoms with Crippen LogP contribution in [-0.2, 0) is 9.53 Å². The molecular weight excluding hydrogens is 328 g/mol. The molecule has 1 fully saturated rings. The van der Waals surface area contributed by atoms with Gasteiger partial charge in [0.2, 0.25) is 5.91 Å². The lowest BCUT2D eigenvalue weighted by atomic mass is 9.96. The summed E-state index contributed by atoms with van der Waals surface area (Å²) in [6.07, 6.45) is 0.420. The highest BCUT2D eigenvalue weighted by molar-refractivity contribution is 5.97. The van der Waals surface area contributed by atoms with Gasteiger partial charge >= 0.3 is 0 Å². The van der Waals surface area contributed by atoms with Crippen molar-refractivity contribution in [3.8, 4) is 0 Å². The molecule has 136 valence electrons. The Morgan fingerprint density at radius 1 is 1.04 bits per heavy atom. The van der Waals surface area contributed by atoms with E-state index in [4.69, 9.17) is 4.74 Å². The van der Waals surface area contributed by atoms with Gasteiger partial charge in [0.15, 0.2) is 5.78 Å². The second-order valence-electron chi connectivity index (χ2n) is 6.46. The van der Waals surface area contributed by atoms with Crippen molar-refractivity contribution in [3.63, 3.8) is 0 Å². The van der Waals surface area contributed by atoms with Crippen molar-refractivity contribution in [3.05, 3.63) is 65.7 Å². The highest BCUT2D eigenvalue weighted by atomic mass is 16.5. The maximum absolute atomic E-state index is 12.9. The maximum atomic E-state index is 12.9. The number of hydrogen-bond donors (Lipinski definition) is 1. The van der Waals surface area contributed by atoms with Crippen molar-refractivity contribution < 1.29 is 14.3 Å². The lowest BCUT2D eigenvalue weighted by molar-refractivity contribution is -0.114. The van der Waals surface area contributed by atoms with Gasteiger partial charge in [-0.15, -0.1) is 0 Å². The highest BCUT2D eigenvalue weighted by Crippen LogP contribution is 2.27. The first-order valence-electron chi connectivity index (χ1n) is 8.91. The Morgan fingerprint density at radius 2 is 1.69 bits per heavy atom. The van der Waals surface area contributed by atoms with E-state index in [0.717, 1.165) is 18.7 Å². The second kappa shape index (κ2) is 8.74. The highest BCUT2D eigenvalue weighted by Gasteiger charge is 2.25. The van der Waals surface area contributed by atoms with Crippen LogP contribution in [0.1, 0.15) is 35.3 Å². The molecule has 1 amide bonds. The van der Waals surface area contributed by atoms with E-state index >= 15 is 0 Å². The van der Waals surface area contributed by atoms with Crippen molar-refractivity contribution in [2.24, 2.45) is 0 Å². The van der Waals surface area contributed by atoms with Crippen LogP contribution in [0.15, 0.2) is 54.6 Å². The molecule has 0 bridgehead atoms. The van der Waals surface area contributed by atoms with E-state index in [2.05, 4.69) is 22.3 Å². The van der Waals surface area contributed by atoms with E-state index in [1.807, 2.05) is 18.2 Å². The molecule has 2 aromatic rings. The minimum Gasteiger partial charge on any atom is -0.379 e. The normalized spacial score (nSPS) is 16.0. The van der Waals surface area contributed by atoms with Crippen LogP contribution < -0.4 is 5.32 Å². The monoisotopic (exact) mass is 352 g/mol. The molecule has 1 N–H and O–H groups in total. The Balaban J connectivity index is 1.75. The molecule has 0 saturated carbocycles. The molecule has 5 heteroatoms. The summed E-state index contributed by atoms with van der Waals surface area (Å²) in [6, 6.07) is 17.3. The first-order valence-corrected chi connectivity index (χ1v) is 8.91. The molecule has 3 rings (SSSR count). The molecule has 1 aliphatic rings. The minimum absolute atomic E-state index is 0.0441. The molecule has 1 saturated heterocycles. The maximum Gasteiger partial charge on any atom is 0.221 e. The van der Waals surface area contributed by atoms with Crippen LogP contribution >= 0.6 is 0 Å². The summed E-state index contributed by atoms with van der Waals surface area (Å²) in [7, 11) is 0. The Morgan fingerprint density at radius 3 is 2.31 bits per heavy atom. The molecule has 1 atom stereocenters. The van der Waals surface area contributed by atoms with E-state index in [0.29, 0.717) is 30.9 Å². The molecular formula is C21H24N2O3. The third-order valence-corrected chi connectivity index (χ3v) is 4.58. The Labute approximate surface area is 154 Å². The summed E-state index contributed by atoms with van der Waals surface area (Å²) in [5.41, 5.74) is 2.51. The van der Waals surface area contributed by atoms with Crippen LogP contribution in [-0.4, -0.2) is 42.9 Å². The lowest BCUT2D eigenvalue weighted by Crippen LogP contribution is -2.39. The molecule has 0 radical (unpaired) electrons. The number of Topliss-reactive ketones (excluding diaryl/α,β-unsaturated/α-hetero) is 1. The van der Waals surface area contributed by atoms with E-state index in [9.17, 15) is 9.59 Å². The first kappa shape index (κ1) is 18.3. The van der Waals surface area contributed by atoms with Crippen LogP contribution in [0, 0.1) is 0 Å². The largest absolute Gasteiger partial charge is 0.379 e. The molecule has 1 aliphatic heterocycles. The van der Waals surface area contributed by atoms with Crippen molar-refractivity contribution in [1.82, 2.24) is 4.90 Å². The number of benzene rings is 2. The number of nitrogens with one attached hydrogen (secondary N) is 1. The summed E-state index contributed by atoms with van der Waals surface area (Å²) < 4.78 is 5.46. The molecule has 2 aromatic carbocycles. The van der Waals surface area contributed by atoms with Gasteiger partial charge in [-0.2, -0.15) is 0 Å². The fourth-order valence-electron chi connectivity index (χ4n) is 3.26. The van der Waals surface area contributed by atoms with Gasteiger partial charge in [0.1, 0.15) is 0 Å². The first-order chi connectivity index (χ1) is 12.6. The van der Waals surface area contributed by atoms with E-state index in [1.165, 1.54) is 6.92 Å². The van der Waals surface area contributed by atoms with E-state index in [1.54, 1.807) is 24.3 Å². The van der Waals surface area contributed by atoms with E-state index < -0.39 is 0 Å². The van der Waals surface area contributed by atoms with Gasteiger partial charge in [0, 0.05) is 43.7 Å². The topological polar surface area (TPSA) is 58.6 Å². The number of carbonyl (C=O) groups excluding carboxylic acids is 2.